The molecule has 0 aliphatic carbocycles. The first-order valence-corrected chi connectivity index (χ1v) is 4.50. The smallest absolute Gasteiger partial charge is 0.343 e. The van der Waals surface area contributed by atoms with Crippen molar-refractivity contribution in [2.24, 2.45) is 0 Å². The predicted octanol–water partition coefficient (Wildman–Crippen LogP) is -0.354. The summed E-state index contributed by atoms with van der Waals surface area (Å²) in [4.78, 5) is 11.5. The van der Waals surface area contributed by atoms with Crippen LogP contribution in [0.4, 0.5) is 0 Å². The Kier molecular flexibility index (Phi) is 3.34. The third kappa shape index (κ3) is 1.74. The Labute approximate surface area is 88.1 Å². The lowest BCUT2D eigenvalue weighted by molar-refractivity contribution is -0.287. The Morgan fingerprint density at radius 2 is 2.07 bits per heavy atom. The molecular formula is C9H16O6. The zero-order chi connectivity index (χ0) is 11.7. The average Bonchev–Trinajstić information content (AvgIpc) is 2.52. The molecule has 3 unspecified atom stereocenters. The molecule has 88 valence electrons. The van der Waals surface area contributed by atoms with Gasteiger partial charge in [-0.25, -0.2) is 4.79 Å². The standard InChI is InChI=1S/C9H16O6/c1-8(14-4)9(11,7(10)13-3)5-6(12-2)15-8/h6,11H,5H2,1-4H3. The van der Waals surface area contributed by atoms with Crippen molar-refractivity contribution in [3.8, 4) is 0 Å². The highest BCUT2D eigenvalue weighted by Crippen LogP contribution is 2.41. The molecule has 6 nitrogen and oxygen atoms in total. The van der Waals surface area contributed by atoms with Gasteiger partial charge in [-0.2, -0.15) is 0 Å². The number of methoxy groups -OCH3 is 3. The van der Waals surface area contributed by atoms with Gasteiger partial charge < -0.3 is 24.1 Å². The molecule has 1 heterocycles. The summed E-state index contributed by atoms with van der Waals surface area (Å²) in [5, 5.41) is 10.2. The summed E-state index contributed by atoms with van der Waals surface area (Å²) in [5.41, 5.74) is -1.85. The Balaban J connectivity index is 2.99. The minimum absolute atomic E-state index is 0.0273. The summed E-state index contributed by atoms with van der Waals surface area (Å²) in [7, 11) is 3.95. The van der Waals surface area contributed by atoms with Crippen LogP contribution in [0.1, 0.15) is 13.3 Å². The molecule has 1 aliphatic rings. The van der Waals surface area contributed by atoms with Crippen LogP contribution in [-0.4, -0.2) is 50.1 Å². The van der Waals surface area contributed by atoms with E-state index >= 15 is 0 Å². The molecule has 3 atom stereocenters. The molecule has 0 spiro atoms. The third-order valence-corrected chi connectivity index (χ3v) is 2.75. The van der Waals surface area contributed by atoms with Crippen LogP contribution in [0, 0.1) is 0 Å². The van der Waals surface area contributed by atoms with Gasteiger partial charge in [-0.05, 0) is 6.92 Å². The molecule has 0 aromatic rings. The molecule has 1 rings (SSSR count). The Morgan fingerprint density at radius 1 is 1.47 bits per heavy atom. The minimum atomic E-state index is -1.85. The number of hydrogen-bond acceptors (Lipinski definition) is 6. The molecule has 0 saturated carbocycles. The normalized spacial score (nSPS) is 40.5. The van der Waals surface area contributed by atoms with Crippen LogP contribution in [0.3, 0.4) is 0 Å². The lowest BCUT2D eigenvalue weighted by atomic mass is 9.93. The molecule has 1 fully saturated rings. The topological polar surface area (TPSA) is 74.2 Å². The van der Waals surface area contributed by atoms with E-state index in [-0.39, 0.29) is 6.42 Å². The van der Waals surface area contributed by atoms with Crippen molar-refractivity contribution in [1.82, 2.24) is 0 Å². The van der Waals surface area contributed by atoms with Crippen molar-refractivity contribution in [2.45, 2.75) is 31.0 Å². The van der Waals surface area contributed by atoms with Crippen molar-refractivity contribution in [2.75, 3.05) is 21.3 Å². The Bertz CT molecular complexity index is 255. The van der Waals surface area contributed by atoms with Gasteiger partial charge >= 0.3 is 5.97 Å². The second-order valence-corrected chi connectivity index (χ2v) is 3.49. The molecule has 0 bridgehead atoms. The monoisotopic (exact) mass is 220 g/mol. The average molecular weight is 220 g/mol. The van der Waals surface area contributed by atoms with Crippen LogP contribution in [-0.2, 0) is 23.7 Å². The van der Waals surface area contributed by atoms with Crippen LogP contribution in [0.2, 0.25) is 0 Å². The predicted molar refractivity (Wildman–Crippen MR) is 48.9 cm³/mol. The fraction of sp³-hybridized carbons (Fsp3) is 0.889. The van der Waals surface area contributed by atoms with Gasteiger partial charge in [0.15, 0.2) is 6.29 Å². The van der Waals surface area contributed by atoms with Gasteiger partial charge in [0.2, 0.25) is 11.4 Å². The molecule has 1 saturated heterocycles. The van der Waals surface area contributed by atoms with Gasteiger partial charge in [0, 0.05) is 20.6 Å². The number of esters is 1. The lowest BCUT2D eigenvalue weighted by Crippen LogP contribution is -2.56. The van der Waals surface area contributed by atoms with Gasteiger partial charge in [-0.3, -0.25) is 0 Å². The van der Waals surface area contributed by atoms with Crippen molar-refractivity contribution in [3.05, 3.63) is 0 Å². The first-order chi connectivity index (χ1) is 6.93. The SMILES string of the molecule is COC(=O)C1(O)CC(OC)OC1(C)OC. The molecule has 0 aromatic heterocycles. The highest BCUT2D eigenvalue weighted by molar-refractivity contribution is 5.81. The highest BCUT2D eigenvalue weighted by atomic mass is 16.8. The first kappa shape index (κ1) is 12.4. The second kappa shape index (κ2) is 4.05. The van der Waals surface area contributed by atoms with Gasteiger partial charge in [0.25, 0.3) is 0 Å². The summed E-state index contributed by atoms with van der Waals surface area (Å²) >= 11 is 0. The maximum atomic E-state index is 11.5. The zero-order valence-corrected chi connectivity index (χ0v) is 9.27. The fourth-order valence-corrected chi connectivity index (χ4v) is 1.60. The van der Waals surface area contributed by atoms with Crippen LogP contribution >= 0.6 is 0 Å². The summed E-state index contributed by atoms with van der Waals surface area (Å²) < 4.78 is 19.8. The Hall–Kier alpha value is -0.690. The number of carbonyl (C=O) groups excluding carboxylic acids is 1. The molecule has 1 N–H and O–H groups in total. The quantitative estimate of drug-likeness (QED) is 0.655. The fourth-order valence-electron chi connectivity index (χ4n) is 1.60. The number of rotatable bonds is 3. The van der Waals surface area contributed by atoms with E-state index in [0.717, 1.165) is 0 Å². The highest BCUT2D eigenvalue weighted by Gasteiger charge is 2.63. The summed E-state index contributed by atoms with van der Waals surface area (Å²) in [6, 6.07) is 0. The summed E-state index contributed by atoms with van der Waals surface area (Å²) in [6.45, 7) is 1.46. The van der Waals surface area contributed by atoms with E-state index in [1.807, 2.05) is 0 Å². The third-order valence-electron chi connectivity index (χ3n) is 2.75. The maximum Gasteiger partial charge on any atom is 0.343 e. The largest absolute Gasteiger partial charge is 0.467 e. The van der Waals surface area contributed by atoms with Gasteiger partial charge in [-0.15, -0.1) is 0 Å². The van der Waals surface area contributed by atoms with Gasteiger partial charge in [0.05, 0.1) is 7.11 Å². The van der Waals surface area contributed by atoms with Crippen LogP contribution < -0.4 is 0 Å². The van der Waals surface area contributed by atoms with E-state index in [4.69, 9.17) is 14.2 Å². The molecule has 0 radical (unpaired) electrons. The maximum absolute atomic E-state index is 11.5. The van der Waals surface area contributed by atoms with E-state index in [1.54, 1.807) is 0 Å². The van der Waals surface area contributed by atoms with Gasteiger partial charge in [0.1, 0.15) is 0 Å². The van der Waals surface area contributed by atoms with E-state index in [9.17, 15) is 9.90 Å². The summed E-state index contributed by atoms with van der Waals surface area (Å²) in [6.07, 6.45) is -0.723. The van der Waals surface area contributed by atoms with Crippen LogP contribution in [0.5, 0.6) is 0 Å². The van der Waals surface area contributed by atoms with Crippen molar-refractivity contribution in [1.29, 1.82) is 0 Å². The number of carbonyl (C=O) groups is 1. The van der Waals surface area contributed by atoms with Crippen molar-refractivity contribution < 1.29 is 28.8 Å². The Morgan fingerprint density at radius 3 is 2.47 bits per heavy atom. The molecule has 0 aromatic carbocycles. The van der Waals surface area contributed by atoms with Crippen LogP contribution in [0.15, 0.2) is 0 Å². The van der Waals surface area contributed by atoms with Crippen molar-refractivity contribution in [3.63, 3.8) is 0 Å². The van der Waals surface area contributed by atoms with Gasteiger partial charge in [-0.1, -0.05) is 0 Å². The minimum Gasteiger partial charge on any atom is -0.467 e. The van der Waals surface area contributed by atoms with E-state index in [2.05, 4.69) is 4.74 Å². The van der Waals surface area contributed by atoms with E-state index in [0.29, 0.717) is 0 Å². The second-order valence-electron chi connectivity index (χ2n) is 3.49. The number of ether oxygens (including phenoxy) is 4. The first-order valence-electron chi connectivity index (χ1n) is 4.50. The van der Waals surface area contributed by atoms with E-state index in [1.165, 1.54) is 28.3 Å². The molecule has 6 heteroatoms. The summed E-state index contributed by atoms with van der Waals surface area (Å²) in [5.74, 6) is -2.26. The van der Waals surface area contributed by atoms with Crippen molar-refractivity contribution >= 4 is 5.97 Å². The van der Waals surface area contributed by atoms with Crippen LogP contribution in [0.25, 0.3) is 0 Å². The zero-order valence-electron chi connectivity index (χ0n) is 9.27. The number of aliphatic hydroxyl groups is 1. The number of hydrogen-bond donors (Lipinski definition) is 1. The lowest BCUT2D eigenvalue weighted by Gasteiger charge is -2.33. The molecule has 0 amide bonds. The molecule has 15 heavy (non-hydrogen) atoms. The van der Waals surface area contributed by atoms with E-state index < -0.39 is 23.6 Å². The molecule has 1 aliphatic heterocycles. The molecular weight excluding hydrogens is 204 g/mol.